The minimum atomic E-state index is -1.96. The lowest BCUT2D eigenvalue weighted by Gasteiger charge is -2.28. The number of hydrogen-bond donors (Lipinski definition) is 2. The molecule has 4 aliphatic rings. The quantitative estimate of drug-likeness (QED) is 0.417. The van der Waals surface area contributed by atoms with Crippen LogP contribution in [0.5, 0.6) is 0 Å². The van der Waals surface area contributed by atoms with Crippen molar-refractivity contribution in [3.05, 3.63) is 65.7 Å². The van der Waals surface area contributed by atoms with Gasteiger partial charge in [-0.25, -0.2) is 9.59 Å². The molecular formula is C32H36N4O8. The number of amides is 4. The minimum absolute atomic E-state index is 0.0762. The Labute approximate surface area is 255 Å². The maximum absolute atomic E-state index is 14.1. The van der Waals surface area contributed by atoms with E-state index in [0.717, 1.165) is 18.4 Å². The molecule has 0 saturated carbocycles. The Bertz CT molecular complexity index is 1490. The Hall–Kier alpha value is -4.42. The predicted molar refractivity (Wildman–Crippen MR) is 160 cm³/mol. The molecule has 12 nitrogen and oxygen atoms in total. The number of cyclic esters (lactones) is 2. The molecular weight excluding hydrogens is 568 g/mol. The number of ether oxygens (including phenoxy) is 2. The maximum Gasteiger partial charge on any atom is 0.414 e. The zero-order valence-corrected chi connectivity index (χ0v) is 24.6. The summed E-state index contributed by atoms with van der Waals surface area (Å²) in [4.78, 5) is 57.4. The number of fused-ring (bicyclic) bond motifs is 1. The van der Waals surface area contributed by atoms with Crippen molar-refractivity contribution in [1.82, 2.24) is 4.90 Å². The van der Waals surface area contributed by atoms with Gasteiger partial charge < -0.3 is 29.5 Å². The number of anilines is 3. The van der Waals surface area contributed by atoms with Crippen LogP contribution < -0.4 is 14.7 Å². The molecule has 2 aromatic carbocycles. The highest BCUT2D eigenvalue weighted by Crippen LogP contribution is 2.47. The molecule has 0 radical (unpaired) electrons. The Balaban J connectivity index is 1.27. The lowest BCUT2D eigenvalue weighted by atomic mass is 9.82. The number of hydrogen-bond acceptors (Lipinski definition) is 8. The predicted octanol–water partition coefficient (Wildman–Crippen LogP) is 2.90. The Morgan fingerprint density at radius 3 is 2.30 bits per heavy atom. The van der Waals surface area contributed by atoms with E-state index in [9.17, 15) is 29.4 Å². The molecule has 0 aromatic heterocycles. The highest BCUT2D eigenvalue weighted by atomic mass is 16.6. The first-order valence-corrected chi connectivity index (χ1v) is 15.0. The van der Waals surface area contributed by atoms with E-state index in [1.165, 1.54) is 14.7 Å². The van der Waals surface area contributed by atoms with Gasteiger partial charge in [0.2, 0.25) is 5.91 Å². The molecule has 4 aliphatic heterocycles. The fourth-order valence-electron chi connectivity index (χ4n) is 6.46. The largest absolute Gasteiger partial charge is 0.447 e. The molecule has 3 atom stereocenters. The summed E-state index contributed by atoms with van der Waals surface area (Å²) in [6.45, 7) is 3.81. The van der Waals surface area contributed by atoms with Crippen LogP contribution >= 0.6 is 0 Å². The fraction of sp³-hybridized carbons (Fsp3) is 0.438. The zero-order valence-electron chi connectivity index (χ0n) is 24.6. The van der Waals surface area contributed by atoms with Crippen LogP contribution in [0.3, 0.4) is 0 Å². The number of carbonyl (C=O) groups excluding carboxylic acids is 4. The zero-order chi connectivity index (χ0) is 31.0. The van der Waals surface area contributed by atoms with Crippen LogP contribution in [0.4, 0.5) is 26.7 Å². The molecule has 0 bridgehead atoms. The lowest BCUT2D eigenvalue weighted by molar-refractivity contribution is -0.139. The minimum Gasteiger partial charge on any atom is -0.447 e. The van der Waals surface area contributed by atoms with Gasteiger partial charge in [-0.3, -0.25) is 19.4 Å². The lowest BCUT2D eigenvalue weighted by Crippen LogP contribution is -2.44. The summed E-state index contributed by atoms with van der Waals surface area (Å²) in [7, 11) is 0. The number of carbonyl (C=O) groups is 4. The number of benzene rings is 2. The molecule has 4 amide bonds. The summed E-state index contributed by atoms with van der Waals surface area (Å²) in [5.74, 6) is -1.36. The molecule has 0 unspecified atom stereocenters. The standard InChI is InChI=1S/C32H36N4O8/c1-21(4-2-6-28(38)33-13-3-5-25(33)20-37)32(42)26-18-24(35-15-17-44-31(35)41)11-12-27(26)36(29(32)39)19-22-7-9-23(10-8-22)34-14-16-43-30(34)40/h2,4,7-12,18,21,25,37,42H,3,5-6,13-17,19-20H2,1H3/b4-2+/t21-,25+,32+/m1/s1. The second kappa shape index (κ2) is 11.9. The van der Waals surface area contributed by atoms with E-state index in [-0.39, 0.29) is 38.1 Å². The van der Waals surface area contributed by atoms with E-state index in [2.05, 4.69) is 0 Å². The van der Waals surface area contributed by atoms with E-state index in [4.69, 9.17) is 9.47 Å². The average Bonchev–Trinajstić information content (AvgIpc) is 3.82. The van der Waals surface area contributed by atoms with E-state index in [0.29, 0.717) is 48.9 Å². The Morgan fingerprint density at radius 1 is 1.00 bits per heavy atom. The molecule has 3 saturated heterocycles. The topological polar surface area (TPSA) is 140 Å². The van der Waals surface area contributed by atoms with Crippen LogP contribution in [0, 0.1) is 5.92 Å². The third kappa shape index (κ3) is 5.17. The summed E-state index contributed by atoms with van der Waals surface area (Å²) in [6.07, 6.45) is 4.14. The number of aliphatic hydroxyl groups excluding tert-OH is 1. The van der Waals surface area contributed by atoms with Crippen molar-refractivity contribution in [3.8, 4) is 0 Å². The molecule has 0 spiro atoms. The Kier molecular flexibility index (Phi) is 8.04. The molecule has 2 aromatic rings. The van der Waals surface area contributed by atoms with Crippen LogP contribution in [0.25, 0.3) is 0 Å². The summed E-state index contributed by atoms with van der Waals surface area (Å²) in [5, 5.41) is 21.8. The van der Waals surface area contributed by atoms with Gasteiger partial charge in [0.05, 0.1) is 38.0 Å². The van der Waals surface area contributed by atoms with Gasteiger partial charge in [0.25, 0.3) is 5.91 Å². The van der Waals surface area contributed by atoms with E-state index < -0.39 is 29.6 Å². The van der Waals surface area contributed by atoms with Crippen molar-refractivity contribution >= 4 is 41.1 Å². The van der Waals surface area contributed by atoms with Crippen LogP contribution in [0.2, 0.25) is 0 Å². The highest BCUT2D eigenvalue weighted by molar-refractivity contribution is 6.08. The number of nitrogens with zero attached hydrogens (tertiary/aromatic N) is 4. The molecule has 6 rings (SSSR count). The number of likely N-dealkylation sites (tertiary alicyclic amines) is 1. The smallest absolute Gasteiger partial charge is 0.414 e. The van der Waals surface area contributed by atoms with Crippen LogP contribution in [0.15, 0.2) is 54.6 Å². The molecule has 0 aliphatic carbocycles. The van der Waals surface area contributed by atoms with E-state index in [1.54, 1.807) is 54.3 Å². The summed E-state index contributed by atoms with van der Waals surface area (Å²) < 4.78 is 10.1. The number of rotatable bonds is 9. The van der Waals surface area contributed by atoms with Gasteiger partial charge in [0, 0.05) is 35.8 Å². The number of aliphatic hydroxyl groups is 2. The third-order valence-corrected chi connectivity index (χ3v) is 8.96. The van der Waals surface area contributed by atoms with Gasteiger partial charge in [0.15, 0.2) is 5.60 Å². The van der Waals surface area contributed by atoms with Crippen molar-refractivity contribution in [3.63, 3.8) is 0 Å². The first-order chi connectivity index (χ1) is 21.2. The van der Waals surface area contributed by atoms with Crippen molar-refractivity contribution in [1.29, 1.82) is 0 Å². The SMILES string of the molecule is C[C@H](/C=C/CC(=O)N1CCC[C@H]1CO)[C@@]1(O)C(=O)N(Cc2ccc(N3CCOC3=O)cc2)c2ccc(N3CCOC3=O)cc21. The first-order valence-electron chi connectivity index (χ1n) is 15.0. The van der Waals surface area contributed by atoms with Crippen molar-refractivity contribution in [2.24, 2.45) is 5.92 Å². The Morgan fingerprint density at radius 2 is 1.66 bits per heavy atom. The van der Waals surface area contributed by atoms with Crippen molar-refractivity contribution < 1.29 is 38.9 Å². The molecule has 12 heteroatoms. The highest BCUT2D eigenvalue weighted by Gasteiger charge is 2.53. The van der Waals surface area contributed by atoms with Gasteiger partial charge in [-0.2, -0.15) is 0 Å². The second-order valence-electron chi connectivity index (χ2n) is 11.5. The molecule has 4 heterocycles. The van der Waals surface area contributed by atoms with Gasteiger partial charge in [-0.15, -0.1) is 0 Å². The van der Waals surface area contributed by atoms with Crippen LogP contribution in [0.1, 0.15) is 37.3 Å². The summed E-state index contributed by atoms with van der Waals surface area (Å²) >= 11 is 0. The molecule has 3 fully saturated rings. The van der Waals surface area contributed by atoms with Gasteiger partial charge in [-0.05, 0) is 48.7 Å². The monoisotopic (exact) mass is 604 g/mol. The molecule has 44 heavy (non-hydrogen) atoms. The van der Waals surface area contributed by atoms with Crippen molar-refractivity contribution in [2.75, 3.05) is 54.2 Å². The summed E-state index contributed by atoms with van der Waals surface area (Å²) in [6, 6.07) is 12.2. The van der Waals surface area contributed by atoms with Gasteiger partial charge in [0.1, 0.15) is 13.2 Å². The fourth-order valence-corrected chi connectivity index (χ4v) is 6.46. The second-order valence-corrected chi connectivity index (χ2v) is 11.5. The van der Waals surface area contributed by atoms with Gasteiger partial charge >= 0.3 is 12.2 Å². The maximum atomic E-state index is 14.1. The molecule has 232 valence electrons. The van der Waals surface area contributed by atoms with E-state index in [1.807, 2.05) is 12.1 Å². The van der Waals surface area contributed by atoms with E-state index >= 15 is 0 Å². The molecule has 2 N–H and O–H groups in total. The van der Waals surface area contributed by atoms with Crippen LogP contribution in [-0.4, -0.2) is 84.6 Å². The average molecular weight is 605 g/mol. The van der Waals surface area contributed by atoms with Crippen molar-refractivity contribution in [2.45, 2.75) is 44.4 Å². The van der Waals surface area contributed by atoms with Gasteiger partial charge in [-0.1, -0.05) is 31.2 Å². The first kappa shape index (κ1) is 29.6. The normalized spacial score (nSPS) is 24.0. The summed E-state index contributed by atoms with van der Waals surface area (Å²) in [5.41, 5.74) is 0.900. The van der Waals surface area contributed by atoms with Crippen LogP contribution in [-0.2, 0) is 31.2 Å². The third-order valence-electron chi connectivity index (χ3n) is 8.96.